The Balaban J connectivity index is 0.00000253. The molecule has 0 spiro atoms. The summed E-state index contributed by atoms with van der Waals surface area (Å²) in [5.74, 6) is 0. The van der Waals surface area contributed by atoms with E-state index in [0.29, 0.717) is 11.1 Å². The fourth-order valence-corrected chi connectivity index (χ4v) is 5.17. The van der Waals surface area contributed by atoms with E-state index < -0.39 is 20.2 Å². The van der Waals surface area contributed by atoms with E-state index in [9.17, 15) is 25.9 Å². The summed E-state index contributed by atoms with van der Waals surface area (Å²) in [6.07, 6.45) is 6.50. The molecule has 0 saturated heterocycles. The molecule has 0 fully saturated rings. The molecule has 0 saturated carbocycles. The molecule has 0 atom stereocenters. The van der Waals surface area contributed by atoms with Gasteiger partial charge < -0.3 is 9.11 Å². The standard InChI is InChI=1S/C28H22O6S2.2Na/c29-35(30,31)27-15-6-4-11-23(27)18-17-22-13-8-14-25(21-9-2-1-3-10-21)26(22)20-19-24-12-5-7-16-28(24)36(32,33)34;;/h1-20H,(H,29,30,31)(H,32,33,34);;/q;2*+1/p-2. The Labute approximate surface area is 267 Å². The monoisotopic (exact) mass is 562 g/mol. The number of benzene rings is 4. The minimum absolute atomic E-state index is 0. The van der Waals surface area contributed by atoms with E-state index in [-0.39, 0.29) is 80.0 Å². The summed E-state index contributed by atoms with van der Waals surface area (Å²) in [7, 11) is -9.34. The first kappa shape index (κ1) is 32.4. The molecule has 4 rings (SSSR count). The molecule has 0 aromatic heterocycles. The predicted octanol–water partition coefficient (Wildman–Crippen LogP) is -0.489. The van der Waals surface area contributed by atoms with Crippen molar-refractivity contribution in [3.63, 3.8) is 0 Å². The Morgan fingerprint density at radius 2 is 0.895 bits per heavy atom. The van der Waals surface area contributed by atoms with Crippen LogP contribution in [0.2, 0.25) is 0 Å². The number of hydrogen-bond acceptors (Lipinski definition) is 6. The summed E-state index contributed by atoms with van der Waals surface area (Å²) in [5.41, 5.74) is 3.62. The molecule has 10 heteroatoms. The van der Waals surface area contributed by atoms with Gasteiger partial charge in [0.25, 0.3) is 0 Å². The molecule has 0 bridgehead atoms. The van der Waals surface area contributed by atoms with Crippen LogP contribution in [0.1, 0.15) is 22.3 Å². The van der Waals surface area contributed by atoms with E-state index in [1.54, 1.807) is 36.4 Å². The Hall–Kier alpha value is -1.82. The molecule has 0 unspecified atom stereocenters. The Bertz CT molecular complexity index is 1680. The van der Waals surface area contributed by atoms with Gasteiger partial charge in [-0.1, -0.05) is 109 Å². The van der Waals surface area contributed by atoms with Crippen LogP contribution in [0.3, 0.4) is 0 Å². The van der Waals surface area contributed by atoms with Crippen molar-refractivity contribution in [2.75, 3.05) is 0 Å². The zero-order valence-corrected chi connectivity index (χ0v) is 26.4. The average Bonchev–Trinajstić information content (AvgIpc) is 2.86. The summed E-state index contributed by atoms with van der Waals surface area (Å²) in [6, 6.07) is 26.9. The molecule has 0 aliphatic rings. The molecular formula is C28H20Na2O6S2. The van der Waals surface area contributed by atoms with Crippen LogP contribution < -0.4 is 59.1 Å². The van der Waals surface area contributed by atoms with E-state index >= 15 is 0 Å². The molecule has 182 valence electrons. The minimum Gasteiger partial charge on any atom is -0.744 e. The van der Waals surface area contributed by atoms with Crippen molar-refractivity contribution in [3.8, 4) is 11.1 Å². The van der Waals surface area contributed by atoms with E-state index in [2.05, 4.69) is 0 Å². The van der Waals surface area contributed by atoms with Gasteiger partial charge in [-0.25, -0.2) is 16.8 Å². The molecule has 4 aromatic rings. The van der Waals surface area contributed by atoms with Crippen molar-refractivity contribution >= 4 is 44.5 Å². The van der Waals surface area contributed by atoms with Crippen LogP contribution in [0.4, 0.5) is 0 Å². The van der Waals surface area contributed by atoms with Gasteiger partial charge in [-0.2, -0.15) is 0 Å². The maximum Gasteiger partial charge on any atom is 1.00 e. The third-order valence-electron chi connectivity index (χ3n) is 5.47. The summed E-state index contributed by atoms with van der Waals surface area (Å²) in [4.78, 5) is -0.655. The minimum atomic E-state index is -4.68. The van der Waals surface area contributed by atoms with Gasteiger partial charge in [0.05, 0.1) is 9.79 Å². The predicted molar refractivity (Wildman–Crippen MR) is 139 cm³/mol. The first-order chi connectivity index (χ1) is 17.1. The van der Waals surface area contributed by atoms with Crippen molar-refractivity contribution in [2.24, 2.45) is 0 Å². The van der Waals surface area contributed by atoms with Crippen LogP contribution >= 0.6 is 0 Å². The van der Waals surface area contributed by atoms with Crippen LogP contribution in [-0.4, -0.2) is 25.9 Å². The summed E-state index contributed by atoms with van der Waals surface area (Å²) < 4.78 is 70.2. The molecule has 0 N–H and O–H groups in total. The quantitative estimate of drug-likeness (QED) is 0.171. The van der Waals surface area contributed by atoms with Crippen LogP contribution in [0.5, 0.6) is 0 Å². The third kappa shape index (κ3) is 8.09. The zero-order valence-electron chi connectivity index (χ0n) is 20.8. The van der Waals surface area contributed by atoms with Crippen LogP contribution in [0.15, 0.2) is 107 Å². The molecule has 0 aliphatic carbocycles. The summed E-state index contributed by atoms with van der Waals surface area (Å²) in [6.45, 7) is 0. The summed E-state index contributed by atoms with van der Waals surface area (Å²) in [5, 5.41) is 0. The Morgan fingerprint density at radius 1 is 0.474 bits per heavy atom. The maximum atomic E-state index is 11.7. The fourth-order valence-electron chi connectivity index (χ4n) is 3.83. The van der Waals surface area contributed by atoms with E-state index in [4.69, 9.17) is 0 Å². The second-order valence-corrected chi connectivity index (χ2v) is 10.5. The van der Waals surface area contributed by atoms with Crippen LogP contribution in [0.25, 0.3) is 35.4 Å². The van der Waals surface area contributed by atoms with Gasteiger partial charge >= 0.3 is 59.1 Å². The first-order valence-electron chi connectivity index (χ1n) is 10.8. The van der Waals surface area contributed by atoms with Crippen LogP contribution in [-0.2, 0) is 20.2 Å². The average molecular weight is 563 g/mol. The topological polar surface area (TPSA) is 114 Å². The molecule has 6 nitrogen and oxygen atoms in total. The molecule has 0 heterocycles. The van der Waals surface area contributed by atoms with Gasteiger partial charge in [-0.05, 0) is 45.5 Å². The van der Waals surface area contributed by atoms with Crippen molar-refractivity contribution in [3.05, 3.63) is 119 Å². The fraction of sp³-hybridized carbons (Fsp3) is 0. The van der Waals surface area contributed by atoms with Gasteiger partial charge in [-0.3, -0.25) is 0 Å². The van der Waals surface area contributed by atoms with E-state index in [0.717, 1.165) is 11.1 Å². The van der Waals surface area contributed by atoms with E-state index in [1.165, 1.54) is 36.4 Å². The maximum absolute atomic E-state index is 11.7. The molecule has 4 aromatic carbocycles. The zero-order chi connectivity index (χ0) is 25.8. The van der Waals surface area contributed by atoms with Crippen LogP contribution in [0, 0.1) is 0 Å². The largest absolute Gasteiger partial charge is 1.00 e. The van der Waals surface area contributed by atoms with Crippen molar-refractivity contribution in [1.82, 2.24) is 0 Å². The Kier molecular flexibility index (Phi) is 11.9. The van der Waals surface area contributed by atoms with Gasteiger partial charge in [0.1, 0.15) is 20.2 Å². The first-order valence-corrected chi connectivity index (χ1v) is 13.6. The van der Waals surface area contributed by atoms with Gasteiger partial charge in [0.15, 0.2) is 0 Å². The number of rotatable bonds is 7. The van der Waals surface area contributed by atoms with Gasteiger partial charge in [-0.15, -0.1) is 0 Å². The van der Waals surface area contributed by atoms with Crippen molar-refractivity contribution in [1.29, 1.82) is 0 Å². The molecule has 38 heavy (non-hydrogen) atoms. The van der Waals surface area contributed by atoms with Crippen molar-refractivity contribution < 1.29 is 85.1 Å². The van der Waals surface area contributed by atoms with E-state index in [1.807, 2.05) is 48.5 Å². The Morgan fingerprint density at radius 3 is 1.42 bits per heavy atom. The molecule has 0 radical (unpaired) electrons. The smallest absolute Gasteiger partial charge is 0.744 e. The normalized spacial score (nSPS) is 11.7. The third-order valence-corrected chi connectivity index (χ3v) is 7.29. The second-order valence-electron chi connectivity index (χ2n) is 7.83. The van der Waals surface area contributed by atoms with Crippen molar-refractivity contribution in [2.45, 2.75) is 9.79 Å². The molecular weight excluding hydrogens is 542 g/mol. The SMILES string of the molecule is O=S(=O)([O-])c1ccccc1C=Cc1cccc(-c2ccccc2)c1C=Cc1ccccc1S(=O)(=O)[O-].[Na+].[Na+]. The summed E-state index contributed by atoms with van der Waals surface area (Å²) >= 11 is 0. The molecule has 0 aliphatic heterocycles. The second kappa shape index (κ2) is 14.0. The molecule has 0 amide bonds. The van der Waals surface area contributed by atoms with Gasteiger partial charge in [0.2, 0.25) is 0 Å². The van der Waals surface area contributed by atoms with Gasteiger partial charge in [0, 0.05) is 0 Å². The number of hydrogen-bond donors (Lipinski definition) is 0.